The van der Waals surface area contributed by atoms with E-state index in [4.69, 9.17) is 0 Å². The molecule has 3 aliphatic rings. The molecular formula is C18H27. The van der Waals surface area contributed by atoms with Crippen LogP contribution in [0.2, 0.25) is 0 Å². The van der Waals surface area contributed by atoms with Gasteiger partial charge in [0.2, 0.25) is 0 Å². The highest BCUT2D eigenvalue weighted by atomic mass is 14.3. The summed E-state index contributed by atoms with van der Waals surface area (Å²) in [6.07, 6.45) is 23.1. The molecule has 3 aliphatic carbocycles. The first kappa shape index (κ1) is 12.5. The van der Waals surface area contributed by atoms with E-state index in [-0.39, 0.29) is 0 Å². The van der Waals surface area contributed by atoms with Gasteiger partial charge in [0.15, 0.2) is 0 Å². The first-order valence-corrected chi connectivity index (χ1v) is 8.16. The minimum absolute atomic E-state index is 0.919. The predicted molar refractivity (Wildman–Crippen MR) is 78.2 cm³/mol. The van der Waals surface area contributed by atoms with Crippen molar-refractivity contribution >= 4 is 0 Å². The van der Waals surface area contributed by atoms with Gasteiger partial charge in [-0.25, -0.2) is 0 Å². The Balaban J connectivity index is 1.60. The molecule has 99 valence electrons. The van der Waals surface area contributed by atoms with E-state index in [9.17, 15) is 0 Å². The average Bonchev–Trinajstić information content (AvgIpc) is 2.49. The Hall–Kier alpha value is -0.520. The molecule has 0 unspecified atom stereocenters. The van der Waals surface area contributed by atoms with Gasteiger partial charge < -0.3 is 0 Å². The molecule has 3 rings (SSSR count). The monoisotopic (exact) mass is 243 g/mol. The Morgan fingerprint density at radius 1 is 0.722 bits per heavy atom. The third-order valence-corrected chi connectivity index (χ3v) is 5.29. The summed E-state index contributed by atoms with van der Waals surface area (Å²) < 4.78 is 0. The molecule has 0 aromatic heterocycles. The topological polar surface area (TPSA) is 0 Å². The summed E-state index contributed by atoms with van der Waals surface area (Å²) in [5, 5.41) is 0. The summed E-state index contributed by atoms with van der Waals surface area (Å²) in [5.41, 5.74) is 1.76. The van der Waals surface area contributed by atoms with E-state index in [1.54, 1.807) is 11.5 Å². The van der Waals surface area contributed by atoms with E-state index in [1.807, 2.05) is 0 Å². The molecular weight excluding hydrogens is 216 g/mol. The summed E-state index contributed by atoms with van der Waals surface area (Å²) >= 11 is 0. The largest absolute Gasteiger partial charge is 0.0768 e. The third-order valence-electron chi connectivity index (χ3n) is 5.29. The van der Waals surface area contributed by atoms with Crippen LogP contribution in [0.15, 0.2) is 23.8 Å². The summed E-state index contributed by atoms with van der Waals surface area (Å²) in [6.45, 7) is 0. The maximum atomic E-state index is 2.43. The molecule has 0 amide bonds. The average molecular weight is 243 g/mol. The van der Waals surface area contributed by atoms with Gasteiger partial charge >= 0.3 is 0 Å². The maximum Gasteiger partial charge on any atom is 0.00471 e. The van der Waals surface area contributed by atoms with Gasteiger partial charge in [0, 0.05) is 5.92 Å². The van der Waals surface area contributed by atoms with Gasteiger partial charge in [0.05, 0.1) is 0 Å². The second-order valence-electron chi connectivity index (χ2n) is 6.52. The molecule has 0 nitrogen and oxygen atoms in total. The molecule has 1 radical (unpaired) electrons. The van der Waals surface area contributed by atoms with E-state index < -0.39 is 0 Å². The molecule has 0 aromatic rings. The third kappa shape index (κ3) is 2.90. The number of allylic oxidation sites excluding steroid dienone is 4. The summed E-state index contributed by atoms with van der Waals surface area (Å²) in [7, 11) is 0. The highest BCUT2D eigenvalue weighted by Gasteiger charge is 2.27. The molecule has 0 N–H and O–H groups in total. The Morgan fingerprint density at radius 2 is 1.33 bits per heavy atom. The van der Waals surface area contributed by atoms with Crippen LogP contribution in [0, 0.1) is 17.8 Å². The molecule has 0 heterocycles. The van der Waals surface area contributed by atoms with Crippen molar-refractivity contribution in [3.8, 4) is 0 Å². The van der Waals surface area contributed by atoms with Crippen LogP contribution < -0.4 is 0 Å². The lowest BCUT2D eigenvalue weighted by Crippen LogP contribution is -2.19. The zero-order chi connectivity index (χ0) is 12.2. The van der Waals surface area contributed by atoms with Gasteiger partial charge in [0.25, 0.3) is 0 Å². The summed E-state index contributed by atoms with van der Waals surface area (Å²) in [6, 6.07) is 0. The standard InChI is InChI=1S/C18H27/c1-3-8-15(9-4-1)17-12-7-13-18(14-17)16-10-5-2-6-11-16/h7,12-13,15-16H,1-6,8-11,14H2. The van der Waals surface area contributed by atoms with Crippen molar-refractivity contribution in [3.63, 3.8) is 0 Å². The SMILES string of the molecule is C1=C[C](C2CCCCC2)CC(C2CCCCC2)=C1. The number of rotatable bonds is 2. The first-order chi connectivity index (χ1) is 8.93. The van der Waals surface area contributed by atoms with Gasteiger partial charge in [-0.2, -0.15) is 0 Å². The molecule has 0 bridgehead atoms. The zero-order valence-electron chi connectivity index (χ0n) is 11.7. The molecule has 0 atom stereocenters. The van der Waals surface area contributed by atoms with Crippen molar-refractivity contribution in [3.05, 3.63) is 29.7 Å². The Kier molecular flexibility index (Phi) is 4.23. The molecule has 0 saturated heterocycles. The van der Waals surface area contributed by atoms with Crippen molar-refractivity contribution in [2.45, 2.75) is 70.6 Å². The highest BCUT2D eigenvalue weighted by molar-refractivity contribution is 5.32. The molecule has 18 heavy (non-hydrogen) atoms. The van der Waals surface area contributed by atoms with Crippen molar-refractivity contribution in [2.75, 3.05) is 0 Å². The van der Waals surface area contributed by atoms with Crippen LogP contribution >= 0.6 is 0 Å². The minimum atomic E-state index is 0.919. The molecule has 2 saturated carbocycles. The normalized spacial score (nSPS) is 28.3. The van der Waals surface area contributed by atoms with Crippen LogP contribution in [0.4, 0.5) is 0 Å². The van der Waals surface area contributed by atoms with Crippen LogP contribution in [0.3, 0.4) is 0 Å². The van der Waals surface area contributed by atoms with Crippen LogP contribution in [-0.4, -0.2) is 0 Å². The van der Waals surface area contributed by atoms with E-state index in [0.717, 1.165) is 11.8 Å². The number of hydrogen-bond donors (Lipinski definition) is 0. The smallest absolute Gasteiger partial charge is 0.00471 e. The Morgan fingerprint density at radius 3 is 2.00 bits per heavy atom. The van der Waals surface area contributed by atoms with Gasteiger partial charge in [-0.05, 0) is 43.9 Å². The fourth-order valence-electron chi connectivity index (χ4n) is 4.16. The molecule has 2 fully saturated rings. The lowest BCUT2D eigenvalue weighted by Gasteiger charge is -2.33. The fraction of sp³-hybridized carbons (Fsp3) is 0.722. The van der Waals surface area contributed by atoms with E-state index in [1.165, 1.54) is 70.6 Å². The van der Waals surface area contributed by atoms with E-state index >= 15 is 0 Å². The fourth-order valence-corrected chi connectivity index (χ4v) is 4.16. The second-order valence-corrected chi connectivity index (χ2v) is 6.52. The van der Waals surface area contributed by atoms with Crippen LogP contribution in [0.25, 0.3) is 0 Å². The quantitative estimate of drug-likeness (QED) is 0.591. The molecule has 0 aromatic carbocycles. The van der Waals surface area contributed by atoms with E-state index in [0.29, 0.717) is 0 Å². The van der Waals surface area contributed by atoms with Crippen molar-refractivity contribution < 1.29 is 0 Å². The van der Waals surface area contributed by atoms with Crippen molar-refractivity contribution in [1.82, 2.24) is 0 Å². The maximum absolute atomic E-state index is 2.43. The predicted octanol–water partition coefficient (Wildman–Crippen LogP) is 5.61. The van der Waals surface area contributed by atoms with Gasteiger partial charge in [-0.1, -0.05) is 62.3 Å². The van der Waals surface area contributed by atoms with Gasteiger partial charge in [-0.15, -0.1) is 0 Å². The van der Waals surface area contributed by atoms with Gasteiger partial charge in [0.1, 0.15) is 0 Å². The van der Waals surface area contributed by atoms with Crippen LogP contribution in [0.5, 0.6) is 0 Å². The van der Waals surface area contributed by atoms with Crippen molar-refractivity contribution in [1.29, 1.82) is 0 Å². The van der Waals surface area contributed by atoms with Crippen LogP contribution in [-0.2, 0) is 0 Å². The Bertz CT molecular complexity index is 311. The molecule has 0 spiro atoms. The lowest BCUT2D eigenvalue weighted by molar-refractivity contribution is 0.358. The highest BCUT2D eigenvalue weighted by Crippen LogP contribution is 2.41. The van der Waals surface area contributed by atoms with Gasteiger partial charge in [-0.3, -0.25) is 0 Å². The summed E-state index contributed by atoms with van der Waals surface area (Å²) in [5.74, 6) is 3.60. The second kappa shape index (κ2) is 6.08. The summed E-state index contributed by atoms with van der Waals surface area (Å²) in [4.78, 5) is 0. The van der Waals surface area contributed by atoms with Crippen LogP contribution in [0.1, 0.15) is 70.6 Å². The minimum Gasteiger partial charge on any atom is -0.0768 e. The lowest BCUT2D eigenvalue weighted by atomic mass is 9.72. The zero-order valence-corrected chi connectivity index (χ0v) is 11.7. The molecule has 0 aliphatic heterocycles. The first-order valence-electron chi connectivity index (χ1n) is 8.16. The van der Waals surface area contributed by atoms with E-state index in [2.05, 4.69) is 18.2 Å². The van der Waals surface area contributed by atoms with Crippen molar-refractivity contribution in [2.24, 2.45) is 11.8 Å². The Labute approximate surface area is 113 Å². The molecule has 0 heteroatoms. The number of hydrogen-bond acceptors (Lipinski definition) is 0.